The van der Waals surface area contributed by atoms with E-state index in [1.165, 1.54) is 6.08 Å². The SMILES string of the molecule is C=C[CH2-].[AlH3].[Ti]. The summed E-state index contributed by atoms with van der Waals surface area (Å²) >= 11 is 0. The molecule has 0 fully saturated rings. The molecule has 0 spiro atoms. The molecule has 0 aromatic rings. The third-order valence-corrected chi connectivity index (χ3v) is 0. The summed E-state index contributed by atoms with van der Waals surface area (Å²) in [4.78, 5) is 0. The minimum absolute atomic E-state index is 0. The van der Waals surface area contributed by atoms with Crippen molar-refractivity contribution >= 4 is 17.4 Å². The molecule has 0 aromatic heterocycles. The molecule has 0 bridgehead atoms. The molecule has 0 heterocycles. The van der Waals surface area contributed by atoms with E-state index in [0.717, 1.165) is 0 Å². The van der Waals surface area contributed by atoms with Gasteiger partial charge in [0.15, 0.2) is 17.4 Å². The summed E-state index contributed by atoms with van der Waals surface area (Å²) in [6.45, 7) is 6.50. The molecular weight excluding hydrogens is 111 g/mol. The summed E-state index contributed by atoms with van der Waals surface area (Å²) in [6.07, 6.45) is 1.50. The van der Waals surface area contributed by atoms with Crippen molar-refractivity contribution in [1.29, 1.82) is 0 Å². The van der Waals surface area contributed by atoms with Gasteiger partial charge in [-0.05, 0) is 0 Å². The van der Waals surface area contributed by atoms with Gasteiger partial charge in [0.2, 0.25) is 0 Å². The molecule has 0 aromatic carbocycles. The standard InChI is InChI=1S/C3H5.Al.Ti.3H/c1-3-2;;;;;/h3H,1-2H2;;;;;/q-1;;;;;. The molecule has 2 heteroatoms. The third-order valence-electron chi connectivity index (χ3n) is 0. The summed E-state index contributed by atoms with van der Waals surface area (Å²) in [6, 6.07) is 0. The molecule has 0 aliphatic rings. The van der Waals surface area contributed by atoms with Crippen LogP contribution < -0.4 is 0 Å². The first-order valence-corrected chi connectivity index (χ1v) is 0.816. The zero-order chi connectivity index (χ0) is 2.71. The van der Waals surface area contributed by atoms with E-state index < -0.39 is 0 Å². The topological polar surface area (TPSA) is 0 Å². The average molecular weight is 119 g/mol. The fourth-order valence-electron chi connectivity index (χ4n) is 0. The predicted octanol–water partition coefficient (Wildman–Crippen LogP) is -0.180. The van der Waals surface area contributed by atoms with Gasteiger partial charge in [-0.3, -0.25) is 0 Å². The van der Waals surface area contributed by atoms with Gasteiger partial charge >= 0.3 is 0 Å². The average Bonchev–Trinajstić information content (AvgIpc) is 0.918. The second-order valence-corrected chi connectivity index (χ2v) is 0.289. The summed E-state index contributed by atoms with van der Waals surface area (Å²) in [7, 11) is 0. The normalized spacial score (nSPS) is 2.40. The number of hydrogen-bond acceptors (Lipinski definition) is 0. The molecule has 0 aliphatic carbocycles. The Bertz CT molecular complexity index is 14.4. The first-order chi connectivity index (χ1) is 1.41. The Hall–Kier alpha value is 0.857. The fourth-order valence-corrected chi connectivity index (χ4v) is 0. The van der Waals surface area contributed by atoms with Gasteiger partial charge in [0.25, 0.3) is 0 Å². The molecule has 5 heavy (non-hydrogen) atoms. The maximum absolute atomic E-state index is 3.25. The largest absolute Gasteiger partial charge is 0.245 e. The van der Waals surface area contributed by atoms with Gasteiger partial charge < -0.3 is 0 Å². The van der Waals surface area contributed by atoms with Crippen LogP contribution in [0.5, 0.6) is 0 Å². The molecule has 0 saturated carbocycles. The zero-order valence-electron chi connectivity index (χ0n) is 2.49. The minimum atomic E-state index is 0. The van der Waals surface area contributed by atoms with Gasteiger partial charge in [0.1, 0.15) is 0 Å². The monoisotopic (exact) mass is 119 g/mol. The maximum atomic E-state index is 3.25. The Morgan fingerprint density at radius 1 is 1.60 bits per heavy atom. The second-order valence-electron chi connectivity index (χ2n) is 0.289. The van der Waals surface area contributed by atoms with E-state index >= 15 is 0 Å². The molecule has 0 rings (SSSR count). The van der Waals surface area contributed by atoms with Gasteiger partial charge in [-0.25, -0.2) is 19.6 Å². The van der Waals surface area contributed by atoms with Crippen molar-refractivity contribution in [2.75, 3.05) is 0 Å². The Morgan fingerprint density at radius 2 is 1.60 bits per heavy atom. The predicted molar refractivity (Wildman–Crippen MR) is 25.5 cm³/mol. The Labute approximate surface area is 58.7 Å². The van der Waals surface area contributed by atoms with Gasteiger partial charge in [-0.1, -0.05) is 0 Å². The van der Waals surface area contributed by atoms with Crippen LogP contribution in [0.2, 0.25) is 0 Å². The third kappa shape index (κ3) is 54.0. The molecule has 0 aliphatic heterocycles. The molecule has 0 amide bonds. The quantitative estimate of drug-likeness (QED) is 0.306. The fraction of sp³-hybridized carbons (Fsp3) is 0. The van der Waals surface area contributed by atoms with Crippen LogP contribution in [0.15, 0.2) is 12.7 Å². The first kappa shape index (κ1) is 16.9. The zero-order valence-corrected chi connectivity index (χ0v) is 4.05. The number of allylic oxidation sites excluding steroid dienone is 1. The summed E-state index contributed by atoms with van der Waals surface area (Å²) in [5.41, 5.74) is 0. The van der Waals surface area contributed by atoms with Gasteiger partial charge in [0, 0.05) is 21.7 Å². The Kier molecular flexibility index (Phi) is 70.9. The molecule has 0 saturated heterocycles. The van der Waals surface area contributed by atoms with Crippen LogP contribution in [0.25, 0.3) is 0 Å². The summed E-state index contributed by atoms with van der Waals surface area (Å²) in [5, 5.41) is 0. The summed E-state index contributed by atoms with van der Waals surface area (Å²) in [5.74, 6) is 0. The molecular formula is C3H8AlTi-. The van der Waals surface area contributed by atoms with E-state index in [-0.39, 0.29) is 39.1 Å². The van der Waals surface area contributed by atoms with Crippen LogP contribution in [0.1, 0.15) is 0 Å². The minimum Gasteiger partial charge on any atom is -0.245 e. The van der Waals surface area contributed by atoms with Crippen LogP contribution in [-0.2, 0) is 21.7 Å². The van der Waals surface area contributed by atoms with Crippen LogP contribution in [0, 0.1) is 6.92 Å². The van der Waals surface area contributed by atoms with Crippen molar-refractivity contribution in [3.8, 4) is 0 Å². The molecule has 0 atom stereocenters. The molecule has 0 nitrogen and oxygen atoms in total. The van der Waals surface area contributed by atoms with E-state index in [0.29, 0.717) is 0 Å². The van der Waals surface area contributed by atoms with Crippen LogP contribution in [-0.4, -0.2) is 17.4 Å². The van der Waals surface area contributed by atoms with Crippen LogP contribution in [0.4, 0.5) is 0 Å². The second kappa shape index (κ2) is 21.0. The number of rotatable bonds is 0. The van der Waals surface area contributed by atoms with Gasteiger partial charge in [-0.2, -0.15) is 0 Å². The Morgan fingerprint density at radius 3 is 1.60 bits per heavy atom. The molecule has 0 N–H and O–H groups in total. The van der Waals surface area contributed by atoms with Crippen molar-refractivity contribution in [2.45, 2.75) is 0 Å². The first-order valence-electron chi connectivity index (χ1n) is 0.816. The molecule has 0 radical (unpaired) electrons. The van der Waals surface area contributed by atoms with E-state index in [1.54, 1.807) is 0 Å². The van der Waals surface area contributed by atoms with Gasteiger partial charge in [0.05, 0.1) is 0 Å². The van der Waals surface area contributed by atoms with E-state index in [9.17, 15) is 0 Å². The van der Waals surface area contributed by atoms with Crippen molar-refractivity contribution in [1.82, 2.24) is 0 Å². The van der Waals surface area contributed by atoms with Gasteiger partial charge in [-0.15, -0.1) is 0 Å². The number of hydrogen-bond donors (Lipinski definition) is 0. The van der Waals surface area contributed by atoms with Crippen LogP contribution in [0.3, 0.4) is 0 Å². The van der Waals surface area contributed by atoms with Crippen molar-refractivity contribution in [2.24, 2.45) is 0 Å². The van der Waals surface area contributed by atoms with E-state index in [1.807, 2.05) is 0 Å². The molecule has 28 valence electrons. The summed E-state index contributed by atoms with van der Waals surface area (Å²) < 4.78 is 0. The van der Waals surface area contributed by atoms with Crippen molar-refractivity contribution in [3.63, 3.8) is 0 Å². The van der Waals surface area contributed by atoms with Crippen molar-refractivity contribution < 1.29 is 21.7 Å². The Balaban J connectivity index is -0.0000000200. The van der Waals surface area contributed by atoms with Crippen molar-refractivity contribution in [3.05, 3.63) is 19.6 Å². The van der Waals surface area contributed by atoms with E-state index in [4.69, 9.17) is 0 Å². The smallest absolute Gasteiger partial charge is 0.187 e. The maximum Gasteiger partial charge on any atom is 0.187 e. The van der Waals surface area contributed by atoms with Crippen LogP contribution >= 0.6 is 0 Å². The van der Waals surface area contributed by atoms with E-state index in [2.05, 4.69) is 13.5 Å². The molecule has 0 unspecified atom stereocenters.